The Morgan fingerprint density at radius 1 is 1.25 bits per heavy atom. The Morgan fingerprint density at radius 3 is 2.67 bits per heavy atom. The van der Waals surface area contributed by atoms with Gasteiger partial charge in [0.2, 0.25) is 5.91 Å². The minimum atomic E-state index is 0. The number of rotatable bonds is 4. The summed E-state index contributed by atoms with van der Waals surface area (Å²) in [5, 5.41) is 3.42. The van der Waals surface area contributed by atoms with Crippen molar-refractivity contribution in [2.75, 3.05) is 19.6 Å². The van der Waals surface area contributed by atoms with E-state index in [2.05, 4.69) is 48.3 Å². The van der Waals surface area contributed by atoms with Gasteiger partial charge in [-0.05, 0) is 68.7 Å². The fourth-order valence-corrected chi connectivity index (χ4v) is 4.32. The van der Waals surface area contributed by atoms with E-state index in [1.807, 2.05) is 0 Å². The van der Waals surface area contributed by atoms with E-state index in [1.165, 1.54) is 24.0 Å². The van der Waals surface area contributed by atoms with E-state index in [0.717, 1.165) is 32.5 Å². The second kappa shape index (κ2) is 8.87. The van der Waals surface area contributed by atoms with Crippen LogP contribution in [0.2, 0.25) is 0 Å². The van der Waals surface area contributed by atoms with Gasteiger partial charge in [0.25, 0.3) is 0 Å². The quantitative estimate of drug-likeness (QED) is 0.886. The summed E-state index contributed by atoms with van der Waals surface area (Å²) in [6.07, 6.45) is 5.39. The summed E-state index contributed by atoms with van der Waals surface area (Å²) in [4.78, 5) is 15.1. The molecule has 3 rings (SSSR count). The van der Waals surface area contributed by atoms with Crippen molar-refractivity contribution in [3.8, 4) is 0 Å². The van der Waals surface area contributed by atoms with Crippen LogP contribution in [0.25, 0.3) is 0 Å². The van der Waals surface area contributed by atoms with Gasteiger partial charge < -0.3 is 10.2 Å². The molecule has 0 aromatic heterocycles. The Morgan fingerprint density at radius 2 is 1.96 bits per heavy atom. The molecule has 2 heterocycles. The third-order valence-corrected chi connectivity index (χ3v) is 5.81. The number of carbonyl (C=O) groups excluding carboxylic acids is 1. The van der Waals surface area contributed by atoms with Crippen molar-refractivity contribution < 1.29 is 4.79 Å². The Kier molecular flexibility index (Phi) is 7.12. The molecule has 24 heavy (non-hydrogen) atoms. The average molecular weight is 351 g/mol. The molecule has 3 nitrogen and oxygen atoms in total. The van der Waals surface area contributed by atoms with Crippen LogP contribution in [0.3, 0.4) is 0 Å². The first-order valence-corrected chi connectivity index (χ1v) is 9.22. The van der Waals surface area contributed by atoms with Crippen molar-refractivity contribution in [1.29, 1.82) is 0 Å². The van der Waals surface area contributed by atoms with Crippen LogP contribution in [0.4, 0.5) is 0 Å². The third kappa shape index (κ3) is 4.31. The predicted octanol–water partition coefficient (Wildman–Crippen LogP) is 4.11. The van der Waals surface area contributed by atoms with Crippen LogP contribution in [0.1, 0.15) is 56.2 Å². The molecule has 2 atom stereocenters. The van der Waals surface area contributed by atoms with Crippen LogP contribution in [-0.2, 0) is 4.79 Å². The third-order valence-electron chi connectivity index (χ3n) is 5.81. The summed E-state index contributed by atoms with van der Waals surface area (Å²) in [6, 6.07) is 8.83. The molecule has 2 unspecified atom stereocenters. The fourth-order valence-electron chi connectivity index (χ4n) is 4.32. The van der Waals surface area contributed by atoms with Crippen molar-refractivity contribution in [1.82, 2.24) is 10.2 Å². The van der Waals surface area contributed by atoms with Gasteiger partial charge in [0.1, 0.15) is 0 Å². The van der Waals surface area contributed by atoms with Crippen molar-refractivity contribution in [3.05, 3.63) is 35.4 Å². The number of nitrogens with one attached hydrogen (secondary N) is 1. The number of halogens is 1. The van der Waals surface area contributed by atoms with Gasteiger partial charge in [-0.1, -0.05) is 31.2 Å². The zero-order valence-electron chi connectivity index (χ0n) is 15.0. The van der Waals surface area contributed by atoms with E-state index in [-0.39, 0.29) is 12.4 Å². The Bertz CT molecular complexity index is 542. The lowest BCUT2D eigenvalue weighted by atomic mass is 9.84. The average Bonchev–Trinajstić information content (AvgIpc) is 3.05. The number of benzene rings is 1. The highest BCUT2D eigenvalue weighted by atomic mass is 35.5. The number of hydrogen-bond acceptors (Lipinski definition) is 2. The molecule has 0 spiro atoms. The summed E-state index contributed by atoms with van der Waals surface area (Å²) >= 11 is 0. The van der Waals surface area contributed by atoms with Gasteiger partial charge in [0.05, 0.1) is 6.04 Å². The van der Waals surface area contributed by atoms with Crippen LogP contribution < -0.4 is 5.32 Å². The van der Waals surface area contributed by atoms with Crippen LogP contribution in [-0.4, -0.2) is 30.4 Å². The van der Waals surface area contributed by atoms with E-state index < -0.39 is 0 Å². The lowest BCUT2D eigenvalue weighted by molar-refractivity contribution is -0.133. The summed E-state index contributed by atoms with van der Waals surface area (Å²) in [5.41, 5.74) is 2.65. The number of aryl methyl sites for hydroxylation is 1. The maximum atomic E-state index is 12.9. The SMILES string of the molecule is Cc1ccccc1C1CCCN1C(=O)CC(C)C1CCNCC1.Cl. The molecule has 134 valence electrons. The Hall–Kier alpha value is -1.06. The summed E-state index contributed by atoms with van der Waals surface area (Å²) in [7, 11) is 0. The van der Waals surface area contributed by atoms with Gasteiger partial charge in [-0.15, -0.1) is 12.4 Å². The van der Waals surface area contributed by atoms with Crippen LogP contribution in [0.15, 0.2) is 24.3 Å². The summed E-state index contributed by atoms with van der Waals surface area (Å²) in [5.74, 6) is 1.57. The zero-order chi connectivity index (χ0) is 16.2. The second-order valence-corrected chi connectivity index (χ2v) is 7.37. The Balaban J connectivity index is 0.00000208. The van der Waals surface area contributed by atoms with Crippen molar-refractivity contribution >= 4 is 18.3 Å². The molecule has 0 aliphatic carbocycles. The van der Waals surface area contributed by atoms with E-state index in [4.69, 9.17) is 0 Å². The maximum absolute atomic E-state index is 12.9. The molecule has 1 N–H and O–H groups in total. The van der Waals surface area contributed by atoms with E-state index in [9.17, 15) is 4.79 Å². The van der Waals surface area contributed by atoms with Gasteiger partial charge in [0, 0.05) is 13.0 Å². The molecule has 0 bridgehead atoms. The Labute approximate surface area is 152 Å². The zero-order valence-corrected chi connectivity index (χ0v) is 15.8. The largest absolute Gasteiger partial charge is 0.336 e. The monoisotopic (exact) mass is 350 g/mol. The minimum absolute atomic E-state index is 0. The predicted molar refractivity (Wildman–Crippen MR) is 101 cm³/mol. The topological polar surface area (TPSA) is 32.3 Å². The normalized spacial score (nSPS) is 22.9. The molecule has 2 aliphatic heterocycles. The molecule has 2 aliphatic rings. The fraction of sp³-hybridized carbons (Fsp3) is 0.650. The lowest BCUT2D eigenvalue weighted by Gasteiger charge is -2.31. The number of amides is 1. The van der Waals surface area contributed by atoms with Crippen LogP contribution in [0.5, 0.6) is 0 Å². The standard InChI is InChI=1S/C20H30N2O.ClH/c1-15-6-3-4-7-18(15)19-8-5-13-22(19)20(23)14-16(2)17-9-11-21-12-10-17;/h3-4,6-7,16-17,19,21H,5,8-14H2,1-2H3;1H. The molecule has 4 heteroatoms. The number of hydrogen-bond donors (Lipinski definition) is 1. The molecule has 0 saturated carbocycles. The molecule has 1 aromatic carbocycles. The van der Waals surface area contributed by atoms with Crippen LogP contribution >= 0.6 is 12.4 Å². The van der Waals surface area contributed by atoms with Gasteiger partial charge in [0.15, 0.2) is 0 Å². The first-order valence-electron chi connectivity index (χ1n) is 9.22. The van der Waals surface area contributed by atoms with Gasteiger partial charge in [-0.2, -0.15) is 0 Å². The maximum Gasteiger partial charge on any atom is 0.223 e. The number of carbonyl (C=O) groups is 1. The van der Waals surface area contributed by atoms with Crippen molar-refractivity contribution in [3.63, 3.8) is 0 Å². The molecule has 0 radical (unpaired) electrons. The highest BCUT2D eigenvalue weighted by Crippen LogP contribution is 2.35. The minimum Gasteiger partial charge on any atom is -0.336 e. The molecule has 2 saturated heterocycles. The van der Waals surface area contributed by atoms with E-state index >= 15 is 0 Å². The van der Waals surface area contributed by atoms with Gasteiger partial charge in [-0.3, -0.25) is 4.79 Å². The highest BCUT2D eigenvalue weighted by Gasteiger charge is 2.32. The van der Waals surface area contributed by atoms with Crippen LogP contribution in [0, 0.1) is 18.8 Å². The summed E-state index contributed by atoms with van der Waals surface area (Å²) < 4.78 is 0. The number of likely N-dealkylation sites (tertiary alicyclic amines) is 1. The second-order valence-electron chi connectivity index (χ2n) is 7.37. The first-order chi connectivity index (χ1) is 11.2. The molecule has 1 amide bonds. The highest BCUT2D eigenvalue weighted by molar-refractivity contribution is 5.85. The molecule has 1 aromatic rings. The van der Waals surface area contributed by atoms with E-state index in [1.54, 1.807) is 0 Å². The molecular formula is C20H31ClN2O. The number of piperidine rings is 1. The van der Waals surface area contributed by atoms with Gasteiger partial charge >= 0.3 is 0 Å². The van der Waals surface area contributed by atoms with Crippen molar-refractivity contribution in [2.24, 2.45) is 11.8 Å². The van der Waals surface area contributed by atoms with Gasteiger partial charge in [-0.25, -0.2) is 0 Å². The number of nitrogens with zero attached hydrogens (tertiary/aromatic N) is 1. The van der Waals surface area contributed by atoms with E-state index in [0.29, 0.717) is 30.2 Å². The first kappa shape index (κ1) is 19.3. The lowest BCUT2D eigenvalue weighted by Crippen LogP contribution is -2.35. The van der Waals surface area contributed by atoms with Crippen molar-refractivity contribution in [2.45, 2.75) is 52.0 Å². The smallest absolute Gasteiger partial charge is 0.223 e. The molecule has 2 fully saturated rings. The summed E-state index contributed by atoms with van der Waals surface area (Å²) in [6.45, 7) is 7.58. The molecular weight excluding hydrogens is 320 g/mol.